The third-order valence-corrected chi connectivity index (χ3v) is 13.3. The molecular weight excluding hydrogens is 847 g/mol. The highest BCUT2D eigenvalue weighted by Gasteiger charge is 2.17. The molecule has 0 bridgehead atoms. The molecule has 1 N–H and O–H groups in total. The first kappa shape index (κ1) is 35.5. The maximum atomic E-state index is 9.74. The van der Waals surface area contributed by atoms with E-state index in [1.165, 1.54) is 11.3 Å². The van der Waals surface area contributed by atoms with E-state index in [9.17, 15) is 12.3 Å². The van der Waals surface area contributed by atoms with Gasteiger partial charge in [0.15, 0.2) is 11.7 Å². The zero-order valence-electron chi connectivity index (χ0n) is 41.4. The van der Waals surface area contributed by atoms with Crippen LogP contribution in [0.2, 0.25) is 0 Å². The summed E-state index contributed by atoms with van der Waals surface area (Å²) >= 11 is 1.21. The predicted molar refractivity (Wildman–Crippen MR) is 288 cm³/mol. The van der Waals surface area contributed by atoms with E-state index < -0.39 is 0 Å². The number of nitrogens with zero attached hydrogens (tertiary/aromatic N) is 2. The lowest BCUT2D eigenvalue weighted by atomic mass is 9.94. The van der Waals surface area contributed by atoms with Crippen molar-refractivity contribution in [3.63, 3.8) is 0 Å². The molecule has 320 valence electrons. The second-order valence-electron chi connectivity index (χ2n) is 16.4. The van der Waals surface area contributed by atoms with E-state index in [2.05, 4.69) is 36.4 Å². The molecule has 0 atom stereocenters. The number of hydrogen-bond donors (Lipinski definition) is 1. The van der Waals surface area contributed by atoms with E-state index in [0.29, 0.717) is 42.4 Å². The lowest BCUT2D eigenvalue weighted by molar-refractivity contribution is 0.671. The number of para-hydroxylation sites is 2. The van der Waals surface area contributed by atoms with Gasteiger partial charge in [0, 0.05) is 59.4 Å². The van der Waals surface area contributed by atoms with Gasteiger partial charge in [0.25, 0.3) is 0 Å². The molecule has 0 aliphatic carbocycles. The average molecular weight is 893 g/mol. The third-order valence-electron chi connectivity index (χ3n) is 12.2. The Kier molecular flexibility index (Phi) is 9.16. The first-order valence-corrected chi connectivity index (χ1v) is 23.1. The van der Waals surface area contributed by atoms with Gasteiger partial charge in [-0.3, -0.25) is 5.41 Å². The molecule has 0 saturated carbocycles. The van der Waals surface area contributed by atoms with Gasteiger partial charge in [0.1, 0.15) is 11.2 Å². The largest absolute Gasteiger partial charge is 0.455 e. The van der Waals surface area contributed by atoms with Crippen LogP contribution in [0.15, 0.2) is 251 Å². The molecule has 0 aliphatic heterocycles. The van der Waals surface area contributed by atoms with Crippen molar-refractivity contribution in [2.75, 3.05) is 0 Å². The Morgan fingerprint density at radius 1 is 0.426 bits per heavy atom. The zero-order valence-corrected chi connectivity index (χ0v) is 37.2. The predicted octanol–water partition coefficient (Wildman–Crippen LogP) is 17.2. The summed E-state index contributed by atoms with van der Waals surface area (Å²) in [6.07, 6.45) is 1.60. The fraction of sp³-hybridized carbons (Fsp3) is 0. The number of hydrogen-bond acceptors (Lipinski definition) is 3. The first-order chi connectivity index (χ1) is 35.7. The molecule has 0 amide bonds. The highest BCUT2D eigenvalue weighted by molar-refractivity contribution is 7.25. The van der Waals surface area contributed by atoms with Crippen LogP contribution in [-0.2, 0) is 0 Å². The summed E-state index contributed by atoms with van der Waals surface area (Å²) in [5.41, 5.74) is 11.7. The molecule has 68 heavy (non-hydrogen) atoms. The quantitative estimate of drug-likeness (QED) is 0.120. The normalized spacial score (nSPS) is 12.9. The van der Waals surface area contributed by atoms with Crippen LogP contribution in [0.1, 0.15) is 23.5 Å². The summed E-state index contributed by atoms with van der Waals surface area (Å²) in [7, 11) is 0. The van der Waals surface area contributed by atoms with Gasteiger partial charge in [-0.2, -0.15) is 0 Å². The minimum atomic E-state index is -0.300. The molecule has 0 unspecified atom stereocenters. The van der Waals surface area contributed by atoms with E-state index in [1.54, 1.807) is 12.3 Å². The van der Waals surface area contributed by atoms with Crippen LogP contribution in [0.4, 0.5) is 0 Å². The molecule has 5 heteroatoms. The van der Waals surface area contributed by atoms with Crippen molar-refractivity contribution in [2.24, 2.45) is 9.98 Å². The Labute approximate surface area is 405 Å². The van der Waals surface area contributed by atoms with Crippen LogP contribution in [-0.4, -0.2) is 17.9 Å². The number of benzene rings is 10. The summed E-state index contributed by atoms with van der Waals surface area (Å²) in [6.45, 7) is 0. The summed E-state index contributed by atoms with van der Waals surface area (Å²) in [5.74, 6) is -0.206. The van der Waals surface area contributed by atoms with E-state index in [0.717, 1.165) is 66.4 Å². The van der Waals surface area contributed by atoms with Crippen LogP contribution in [0, 0.1) is 5.41 Å². The lowest BCUT2D eigenvalue weighted by Gasteiger charge is -2.10. The minimum absolute atomic E-state index is 0.0127. The van der Waals surface area contributed by atoms with Crippen LogP contribution in [0.5, 0.6) is 0 Å². The Morgan fingerprint density at radius 2 is 0.956 bits per heavy atom. The first-order valence-electron chi connectivity index (χ1n) is 24.8. The molecule has 2 heterocycles. The maximum Gasteiger partial charge on any atom is 0.161 e. The average Bonchev–Trinajstić information content (AvgIpc) is 4.03. The molecule has 12 rings (SSSR count). The van der Waals surface area contributed by atoms with Gasteiger partial charge in [-0.05, 0) is 68.2 Å². The second kappa shape index (κ2) is 17.6. The summed E-state index contributed by atoms with van der Waals surface area (Å²) in [4.78, 5) is 9.58. The fourth-order valence-corrected chi connectivity index (χ4v) is 9.83. The monoisotopic (exact) mass is 892 g/mol. The molecule has 12 aromatic rings. The third kappa shape index (κ3) is 7.71. The van der Waals surface area contributed by atoms with Crippen molar-refractivity contribution < 1.29 is 11.3 Å². The van der Waals surface area contributed by atoms with Gasteiger partial charge in [-0.1, -0.05) is 218 Å². The summed E-state index contributed by atoms with van der Waals surface area (Å²) in [6, 6.07) is 66.7. The van der Waals surface area contributed by atoms with E-state index >= 15 is 0 Å². The minimum Gasteiger partial charge on any atom is -0.455 e. The number of fused-ring (bicyclic) bond motifs is 6. The van der Waals surface area contributed by atoms with Crippen molar-refractivity contribution in [2.45, 2.75) is 0 Å². The topological polar surface area (TPSA) is 61.7 Å². The number of thiophene rings is 1. The molecule has 2 aromatic heterocycles. The van der Waals surface area contributed by atoms with Crippen molar-refractivity contribution in [1.82, 2.24) is 0 Å². The maximum absolute atomic E-state index is 9.74. The Balaban J connectivity index is 0.958. The van der Waals surface area contributed by atoms with Gasteiger partial charge < -0.3 is 4.42 Å². The Morgan fingerprint density at radius 3 is 1.60 bits per heavy atom. The molecule has 0 aliphatic rings. The molecular formula is C63H41N3OS. The second-order valence-corrected chi connectivity index (χ2v) is 17.5. The van der Waals surface area contributed by atoms with Gasteiger partial charge in [0.2, 0.25) is 0 Å². The summed E-state index contributed by atoms with van der Waals surface area (Å²) < 4.78 is 55.4. The van der Waals surface area contributed by atoms with Crippen LogP contribution >= 0.6 is 11.3 Å². The van der Waals surface area contributed by atoms with Crippen LogP contribution in [0.3, 0.4) is 0 Å². The zero-order chi connectivity index (χ0) is 49.7. The van der Waals surface area contributed by atoms with Gasteiger partial charge in [0.05, 0.1) is 6.85 Å². The molecule has 0 radical (unpaired) electrons. The standard InChI is InChI=1S/C63H41N3OS/c64-62(47-32-30-43(31-33-47)42-14-4-1-5-15-42)66-63(49-34-36-54-57-38-48(35-37-58(57)68-59(54)39-49)51-21-11-10-20-50(51)44-16-6-2-7-17-44)65-40-41-26-28-46(29-27-41)53-23-13-25-56-55-24-12-22-52(60(55)67-61(53)56)45-18-8-3-9-19-45/h1-40,64H/i34D,35D,36D,38D,39D. The van der Waals surface area contributed by atoms with Crippen molar-refractivity contribution in [1.29, 1.82) is 5.41 Å². The molecule has 0 fully saturated rings. The van der Waals surface area contributed by atoms with Crippen molar-refractivity contribution in [3.05, 3.63) is 253 Å². The SMILES string of the molecule is [2H]c1cc2sc3c([2H])c(C(N=Cc4ccc(-c5cccc6c5oc5c(-c7ccccc7)cccc56)cc4)=NC(=N)c4ccc(-c5ccccc5)cc4)c([2H])c([2H])c3c2c([2H])c1-c1ccccc1-c1ccccc1. The van der Waals surface area contributed by atoms with E-state index in [4.69, 9.17) is 14.4 Å². The number of nitrogens with one attached hydrogen (secondary N) is 1. The van der Waals surface area contributed by atoms with Crippen molar-refractivity contribution >= 4 is 71.3 Å². The fourth-order valence-electron chi connectivity index (χ4n) is 8.83. The molecule has 0 saturated heterocycles. The summed E-state index contributed by atoms with van der Waals surface area (Å²) in [5, 5.41) is 12.0. The smallest absolute Gasteiger partial charge is 0.161 e. The lowest BCUT2D eigenvalue weighted by Crippen LogP contribution is -2.04. The Bertz CT molecular complexity index is 4190. The van der Waals surface area contributed by atoms with Gasteiger partial charge >= 0.3 is 0 Å². The number of aliphatic imine (C=N–C) groups is 2. The van der Waals surface area contributed by atoms with Crippen molar-refractivity contribution in [3.8, 4) is 55.6 Å². The number of rotatable bonds is 8. The highest BCUT2D eigenvalue weighted by Crippen LogP contribution is 2.41. The van der Waals surface area contributed by atoms with Gasteiger partial charge in [-0.25, -0.2) is 9.98 Å². The number of furan rings is 1. The molecule has 10 aromatic carbocycles. The molecule has 0 spiro atoms. The van der Waals surface area contributed by atoms with E-state index in [-0.39, 0.29) is 47.4 Å². The van der Waals surface area contributed by atoms with Crippen LogP contribution < -0.4 is 0 Å². The van der Waals surface area contributed by atoms with E-state index in [1.807, 2.05) is 164 Å². The van der Waals surface area contributed by atoms with Crippen LogP contribution in [0.25, 0.3) is 97.7 Å². The van der Waals surface area contributed by atoms with Gasteiger partial charge in [-0.15, -0.1) is 11.3 Å². The highest BCUT2D eigenvalue weighted by atomic mass is 32.1. The Hall–Kier alpha value is -8.77. The number of amidine groups is 2. The molecule has 4 nitrogen and oxygen atoms in total.